The molecular weight excluding hydrogens is 532 g/mol. The molecule has 39 heavy (non-hydrogen) atoms. The molecule has 8 nitrogen and oxygen atoms in total. The Labute approximate surface area is 235 Å². The van der Waals surface area contributed by atoms with Crippen molar-refractivity contribution in [1.29, 1.82) is 0 Å². The first kappa shape index (κ1) is 28.0. The molecule has 2 aliphatic rings. The second kappa shape index (κ2) is 13.2. The maximum atomic E-state index is 13.3. The third kappa shape index (κ3) is 6.99. The Morgan fingerprint density at radius 2 is 1.59 bits per heavy atom. The molecule has 2 saturated heterocycles. The molecule has 0 N–H and O–H groups in total. The fraction of sp³-hybridized carbons (Fsp3) is 0.483. The van der Waals surface area contributed by atoms with E-state index >= 15 is 0 Å². The van der Waals surface area contributed by atoms with Crippen LogP contribution in [0.25, 0.3) is 11.3 Å². The number of benzene rings is 2. The largest absolute Gasteiger partial charge is 0.494 e. The first-order valence-corrected chi connectivity index (χ1v) is 16.2. The van der Waals surface area contributed by atoms with Gasteiger partial charge in [-0.2, -0.15) is 4.31 Å². The second-order valence-corrected chi connectivity index (χ2v) is 12.7. The molecule has 5 rings (SSSR count). The van der Waals surface area contributed by atoms with Gasteiger partial charge in [0.15, 0.2) is 4.80 Å². The zero-order valence-electron chi connectivity index (χ0n) is 22.6. The first-order chi connectivity index (χ1) is 19.0. The lowest BCUT2D eigenvalue weighted by atomic mass is 10.2. The van der Waals surface area contributed by atoms with E-state index < -0.39 is 10.0 Å². The lowest BCUT2D eigenvalue weighted by Gasteiger charge is -2.26. The van der Waals surface area contributed by atoms with Crippen molar-refractivity contribution in [2.24, 2.45) is 4.99 Å². The number of nitrogens with zero attached hydrogens (tertiary/aromatic N) is 4. The zero-order chi connectivity index (χ0) is 27.1. The molecule has 2 fully saturated rings. The van der Waals surface area contributed by atoms with Crippen LogP contribution >= 0.6 is 11.3 Å². The summed E-state index contributed by atoms with van der Waals surface area (Å²) in [7, 11) is -3.48. The highest BCUT2D eigenvalue weighted by molar-refractivity contribution is 7.89. The lowest BCUT2D eigenvalue weighted by Crippen LogP contribution is -2.39. The molecule has 0 radical (unpaired) electrons. The van der Waals surface area contributed by atoms with Gasteiger partial charge in [-0.1, -0.05) is 25.0 Å². The molecule has 0 aliphatic carbocycles. The molecule has 0 amide bonds. The van der Waals surface area contributed by atoms with E-state index in [2.05, 4.69) is 14.8 Å². The van der Waals surface area contributed by atoms with Crippen molar-refractivity contribution in [3.05, 3.63) is 58.7 Å². The normalized spacial score (nSPS) is 18.2. The van der Waals surface area contributed by atoms with Gasteiger partial charge in [0.2, 0.25) is 10.0 Å². The van der Waals surface area contributed by atoms with Crippen molar-refractivity contribution >= 4 is 27.0 Å². The molecule has 0 spiro atoms. The van der Waals surface area contributed by atoms with E-state index in [0.717, 1.165) is 92.6 Å². The summed E-state index contributed by atoms with van der Waals surface area (Å²) in [6, 6.07) is 15.2. The van der Waals surface area contributed by atoms with Crippen molar-refractivity contribution in [3.8, 4) is 17.0 Å². The Balaban J connectivity index is 1.43. The van der Waals surface area contributed by atoms with Crippen LogP contribution in [-0.2, 0) is 21.3 Å². The van der Waals surface area contributed by atoms with Gasteiger partial charge in [0.05, 0.1) is 36.1 Å². The van der Waals surface area contributed by atoms with Gasteiger partial charge in [0, 0.05) is 44.6 Å². The number of rotatable bonds is 9. The van der Waals surface area contributed by atoms with E-state index in [-0.39, 0.29) is 0 Å². The second-order valence-electron chi connectivity index (χ2n) is 9.89. The number of ether oxygens (including phenoxy) is 2. The predicted molar refractivity (Wildman–Crippen MR) is 155 cm³/mol. The molecule has 0 unspecified atom stereocenters. The predicted octanol–water partition coefficient (Wildman–Crippen LogP) is 4.74. The summed E-state index contributed by atoms with van der Waals surface area (Å²) in [5.41, 5.74) is 2.89. The van der Waals surface area contributed by atoms with E-state index in [4.69, 9.17) is 14.5 Å². The van der Waals surface area contributed by atoms with Crippen LogP contribution < -0.4 is 9.54 Å². The van der Waals surface area contributed by atoms with Crippen molar-refractivity contribution in [3.63, 3.8) is 0 Å². The van der Waals surface area contributed by atoms with Gasteiger partial charge in [-0.05, 0) is 61.7 Å². The summed E-state index contributed by atoms with van der Waals surface area (Å²) in [6.07, 6.45) is 4.04. The fourth-order valence-electron chi connectivity index (χ4n) is 5.05. The van der Waals surface area contributed by atoms with E-state index in [1.807, 2.05) is 43.3 Å². The van der Waals surface area contributed by atoms with Crippen LogP contribution in [0, 0.1) is 0 Å². The maximum Gasteiger partial charge on any atom is 0.243 e. The van der Waals surface area contributed by atoms with Crippen LogP contribution in [0.1, 0.15) is 32.6 Å². The summed E-state index contributed by atoms with van der Waals surface area (Å²) in [6.45, 7) is 8.86. The quantitative estimate of drug-likeness (QED) is 0.371. The highest BCUT2D eigenvalue weighted by atomic mass is 32.2. The topological polar surface area (TPSA) is 76.4 Å². The molecule has 2 aliphatic heterocycles. The van der Waals surface area contributed by atoms with Gasteiger partial charge in [-0.15, -0.1) is 11.3 Å². The fourth-order valence-corrected chi connectivity index (χ4v) is 7.53. The van der Waals surface area contributed by atoms with Gasteiger partial charge >= 0.3 is 0 Å². The van der Waals surface area contributed by atoms with Crippen molar-refractivity contribution in [2.45, 2.75) is 44.0 Å². The average molecular weight is 571 g/mol. The smallest absolute Gasteiger partial charge is 0.243 e. The number of hydrogen-bond donors (Lipinski definition) is 0. The molecule has 0 bridgehead atoms. The van der Waals surface area contributed by atoms with Crippen LogP contribution in [0.3, 0.4) is 0 Å². The minimum Gasteiger partial charge on any atom is -0.494 e. The molecule has 3 heterocycles. The number of hydrogen-bond acceptors (Lipinski definition) is 7. The summed E-state index contributed by atoms with van der Waals surface area (Å²) >= 11 is 1.60. The molecule has 0 saturated carbocycles. The van der Waals surface area contributed by atoms with Crippen molar-refractivity contribution < 1.29 is 17.9 Å². The highest BCUT2D eigenvalue weighted by Gasteiger charge is 2.25. The highest BCUT2D eigenvalue weighted by Crippen LogP contribution is 2.26. The summed E-state index contributed by atoms with van der Waals surface area (Å²) in [5.74, 6) is 0.832. The Hall–Kier alpha value is -2.50. The van der Waals surface area contributed by atoms with Crippen molar-refractivity contribution in [1.82, 2.24) is 13.8 Å². The lowest BCUT2D eigenvalue weighted by molar-refractivity contribution is 0.0363. The number of sulfonamides is 1. The summed E-state index contributed by atoms with van der Waals surface area (Å²) in [4.78, 5) is 8.64. The number of morpholine rings is 1. The Morgan fingerprint density at radius 1 is 0.897 bits per heavy atom. The van der Waals surface area contributed by atoms with E-state index in [0.29, 0.717) is 24.6 Å². The van der Waals surface area contributed by atoms with Gasteiger partial charge in [-0.25, -0.2) is 13.4 Å². The van der Waals surface area contributed by atoms with Crippen LogP contribution in [0.4, 0.5) is 5.69 Å². The van der Waals surface area contributed by atoms with Crippen molar-refractivity contribution in [2.75, 3.05) is 52.5 Å². The minimum absolute atomic E-state index is 0.363. The Kier molecular flexibility index (Phi) is 9.52. The van der Waals surface area contributed by atoms with E-state index in [9.17, 15) is 8.42 Å². The van der Waals surface area contributed by atoms with Gasteiger partial charge < -0.3 is 14.0 Å². The van der Waals surface area contributed by atoms with E-state index in [1.165, 1.54) is 0 Å². The molecular formula is C29H38N4O4S2. The van der Waals surface area contributed by atoms with E-state index in [1.54, 1.807) is 27.8 Å². The van der Waals surface area contributed by atoms with Crippen LogP contribution in [0.2, 0.25) is 0 Å². The molecule has 2 aromatic carbocycles. The van der Waals surface area contributed by atoms with Gasteiger partial charge in [0.25, 0.3) is 0 Å². The SMILES string of the molecule is CCOc1ccc(N=c2scc(-c3ccc(S(=O)(=O)N4CCCCCC4)cc3)n2CCN2CCOCC2)cc1. The third-order valence-corrected chi connectivity index (χ3v) is 10.0. The molecule has 1 aromatic heterocycles. The monoisotopic (exact) mass is 570 g/mol. The molecule has 0 atom stereocenters. The first-order valence-electron chi connectivity index (χ1n) is 13.9. The number of thiazole rings is 1. The Bertz CT molecular complexity index is 1370. The summed E-state index contributed by atoms with van der Waals surface area (Å²) < 4.78 is 41.6. The minimum atomic E-state index is -3.48. The van der Waals surface area contributed by atoms with Crippen LogP contribution in [0.5, 0.6) is 5.75 Å². The molecule has 10 heteroatoms. The molecule has 3 aromatic rings. The van der Waals surface area contributed by atoms with Gasteiger partial charge in [0.1, 0.15) is 5.75 Å². The standard InChI is InChI=1S/C29H38N4O4S2/c1-2-37-26-11-9-25(10-12-26)30-29-33(18-17-31-19-21-36-22-20-31)28(23-38-29)24-7-13-27(14-8-24)39(34,35)32-15-5-3-4-6-16-32/h7-14,23H,2-6,15-22H2,1H3. The maximum absolute atomic E-state index is 13.3. The average Bonchev–Trinajstić information content (AvgIpc) is 3.15. The third-order valence-electron chi connectivity index (χ3n) is 7.27. The van der Waals surface area contributed by atoms with Gasteiger partial charge in [-0.3, -0.25) is 4.90 Å². The summed E-state index contributed by atoms with van der Waals surface area (Å²) in [5, 5.41) is 2.12. The number of aromatic nitrogens is 1. The van der Waals surface area contributed by atoms with Crippen LogP contribution in [-0.4, -0.2) is 74.7 Å². The Morgan fingerprint density at radius 3 is 2.26 bits per heavy atom. The van der Waals surface area contributed by atoms with Crippen LogP contribution in [0.15, 0.2) is 63.8 Å². The molecule has 210 valence electrons. The zero-order valence-corrected chi connectivity index (χ0v) is 24.3.